The fourth-order valence-corrected chi connectivity index (χ4v) is 2.96. The van der Waals surface area contributed by atoms with Crippen LogP contribution in [0.3, 0.4) is 0 Å². The molecule has 1 fully saturated rings. The average Bonchev–Trinajstić information content (AvgIpc) is 3.10. The van der Waals surface area contributed by atoms with Crippen LogP contribution in [0.2, 0.25) is 0 Å². The lowest BCUT2D eigenvalue weighted by Gasteiger charge is -2.17. The summed E-state index contributed by atoms with van der Waals surface area (Å²) >= 11 is 0. The summed E-state index contributed by atoms with van der Waals surface area (Å²) < 4.78 is 0. The summed E-state index contributed by atoms with van der Waals surface area (Å²) in [4.78, 5) is 19.1. The van der Waals surface area contributed by atoms with E-state index in [-0.39, 0.29) is 5.91 Å². The molecule has 2 aromatic rings. The number of aromatic nitrogens is 1. The van der Waals surface area contributed by atoms with Crippen LogP contribution in [0.15, 0.2) is 36.5 Å². The highest BCUT2D eigenvalue weighted by atomic mass is 16.1. The van der Waals surface area contributed by atoms with Crippen LogP contribution in [0.5, 0.6) is 0 Å². The number of amides is 1. The number of benzene rings is 1. The Morgan fingerprint density at radius 1 is 1.22 bits per heavy atom. The average molecular weight is 309 g/mol. The Balaban J connectivity index is 1.67. The summed E-state index contributed by atoms with van der Waals surface area (Å²) in [5.74, 6) is 0.992. The van der Waals surface area contributed by atoms with Crippen LogP contribution in [0, 0.1) is 13.8 Å². The van der Waals surface area contributed by atoms with E-state index in [1.165, 1.54) is 12.8 Å². The van der Waals surface area contributed by atoms with E-state index in [4.69, 9.17) is 0 Å². The summed E-state index contributed by atoms with van der Waals surface area (Å²) in [5, 5.41) is 3.02. The van der Waals surface area contributed by atoms with Gasteiger partial charge in [-0.3, -0.25) is 4.79 Å². The van der Waals surface area contributed by atoms with Crippen molar-refractivity contribution in [2.45, 2.75) is 33.2 Å². The van der Waals surface area contributed by atoms with Crippen LogP contribution in [-0.4, -0.2) is 24.0 Å². The van der Waals surface area contributed by atoms with E-state index >= 15 is 0 Å². The van der Waals surface area contributed by atoms with Gasteiger partial charge in [0.05, 0.1) is 0 Å². The van der Waals surface area contributed by atoms with Crippen LogP contribution < -0.4 is 10.2 Å². The third-order valence-corrected chi connectivity index (χ3v) is 4.54. The first-order chi connectivity index (χ1) is 11.1. The molecule has 0 bridgehead atoms. The van der Waals surface area contributed by atoms with E-state index in [1.54, 1.807) is 0 Å². The van der Waals surface area contributed by atoms with Crippen molar-refractivity contribution in [2.24, 2.45) is 0 Å². The van der Waals surface area contributed by atoms with Gasteiger partial charge in [-0.05, 0) is 61.6 Å². The molecule has 0 aliphatic carbocycles. The van der Waals surface area contributed by atoms with E-state index in [0.29, 0.717) is 6.54 Å². The van der Waals surface area contributed by atoms with Gasteiger partial charge in [0.15, 0.2) is 0 Å². The maximum absolute atomic E-state index is 12.4. The Morgan fingerprint density at radius 2 is 2.00 bits per heavy atom. The number of hydrogen-bond donors (Lipinski definition) is 1. The van der Waals surface area contributed by atoms with Gasteiger partial charge in [0.1, 0.15) is 5.82 Å². The van der Waals surface area contributed by atoms with Crippen LogP contribution in [0.25, 0.3) is 0 Å². The minimum Gasteiger partial charge on any atom is -0.357 e. The molecule has 1 saturated heterocycles. The maximum Gasteiger partial charge on any atom is 0.251 e. The van der Waals surface area contributed by atoms with Crippen molar-refractivity contribution < 1.29 is 4.79 Å². The molecule has 0 unspecified atom stereocenters. The zero-order valence-corrected chi connectivity index (χ0v) is 13.8. The second-order valence-corrected chi connectivity index (χ2v) is 6.15. The minimum atomic E-state index is -0.0225. The summed E-state index contributed by atoms with van der Waals surface area (Å²) in [6, 6.07) is 9.87. The van der Waals surface area contributed by atoms with E-state index < -0.39 is 0 Å². The van der Waals surface area contributed by atoms with Crippen LogP contribution in [0.4, 0.5) is 5.82 Å². The zero-order valence-electron chi connectivity index (χ0n) is 13.8. The highest BCUT2D eigenvalue weighted by Crippen LogP contribution is 2.18. The lowest BCUT2D eigenvalue weighted by molar-refractivity contribution is 0.0950. The first-order valence-electron chi connectivity index (χ1n) is 8.19. The Bertz CT molecular complexity index is 706. The van der Waals surface area contributed by atoms with Crippen molar-refractivity contribution in [3.63, 3.8) is 0 Å². The fraction of sp³-hybridized carbons (Fsp3) is 0.368. The van der Waals surface area contributed by atoms with Gasteiger partial charge in [-0.15, -0.1) is 0 Å². The second kappa shape index (κ2) is 6.82. The number of aryl methyl sites for hydroxylation is 1. The zero-order chi connectivity index (χ0) is 16.2. The summed E-state index contributed by atoms with van der Waals surface area (Å²) in [5.41, 5.74) is 4.01. The number of rotatable bonds is 4. The molecule has 1 aliphatic heterocycles. The van der Waals surface area contributed by atoms with Crippen molar-refractivity contribution in [3.05, 3.63) is 58.8 Å². The normalized spacial score (nSPS) is 14.1. The molecule has 23 heavy (non-hydrogen) atoms. The molecule has 1 aromatic carbocycles. The minimum absolute atomic E-state index is 0.0225. The SMILES string of the molecule is Cc1cccc(C(=O)NCc2ccnc(N3CCCC3)c2)c1C. The Labute approximate surface area is 137 Å². The lowest BCUT2D eigenvalue weighted by Crippen LogP contribution is -2.24. The van der Waals surface area contributed by atoms with Crippen molar-refractivity contribution >= 4 is 11.7 Å². The summed E-state index contributed by atoms with van der Waals surface area (Å²) in [7, 11) is 0. The van der Waals surface area contributed by atoms with Crippen LogP contribution >= 0.6 is 0 Å². The molecule has 1 N–H and O–H groups in total. The van der Waals surface area contributed by atoms with Gasteiger partial charge in [0.2, 0.25) is 0 Å². The topological polar surface area (TPSA) is 45.2 Å². The highest BCUT2D eigenvalue weighted by molar-refractivity contribution is 5.95. The number of anilines is 1. The largest absolute Gasteiger partial charge is 0.357 e. The van der Waals surface area contributed by atoms with Gasteiger partial charge in [-0.2, -0.15) is 0 Å². The third kappa shape index (κ3) is 3.52. The Hall–Kier alpha value is -2.36. The molecule has 1 amide bonds. The van der Waals surface area contributed by atoms with Gasteiger partial charge in [-0.25, -0.2) is 4.98 Å². The van der Waals surface area contributed by atoms with Crippen LogP contribution in [0.1, 0.15) is 39.9 Å². The predicted octanol–water partition coefficient (Wildman–Crippen LogP) is 3.23. The second-order valence-electron chi connectivity index (χ2n) is 6.15. The molecule has 4 heteroatoms. The van der Waals surface area contributed by atoms with E-state index in [0.717, 1.165) is 41.2 Å². The quantitative estimate of drug-likeness (QED) is 0.943. The van der Waals surface area contributed by atoms with Crippen LogP contribution in [-0.2, 0) is 6.54 Å². The van der Waals surface area contributed by atoms with E-state index in [1.807, 2.05) is 44.3 Å². The molecule has 0 spiro atoms. The maximum atomic E-state index is 12.4. The van der Waals surface area contributed by atoms with Gasteiger partial charge < -0.3 is 10.2 Å². The first-order valence-corrected chi connectivity index (χ1v) is 8.19. The number of carbonyl (C=O) groups is 1. The van der Waals surface area contributed by atoms with E-state index in [9.17, 15) is 4.79 Å². The Kier molecular flexibility index (Phi) is 4.60. The predicted molar refractivity (Wildman–Crippen MR) is 92.8 cm³/mol. The number of carbonyl (C=O) groups excluding carboxylic acids is 1. The smallest absolute Gasteiger partial charge is 0.251 e. The van der Waals surface area contributed by atoms with Crippen molar-refractivity contribution in [1.82, 2.24) is 10.3 Å². The molecule has 120 valence electrons. The molecule has 0 radical (unpaired) electrons. The number of hydrogen-bond acceptors (Lipinski definition) is 3. The van der Waals surface area contributed by atoms with Crippen molar-refractivity contribution in [3.8, 4) is 0 Å². The molecular weight excluding hydrogens is 286 g/mol. The summed E-state index contributed by atoms with van der Waals surface area (Å²) in [6.07, 6.45) is 4.29. The molecule has 0 atom stereocenters. The van der Waals surface area contributed by atoms with Gasteiger partial charge in [-0.1, -0.05) is 12.1 Å². The third-order valence-electron chi connectivity index (χ3n) is 4.54. The molecule has 1 aromatic heterocycles. The van der Waals surface area contributed by atoms with E-state index in [2.05, 4.69) is 21.3 Å². The first kappa shape index (κ1) is 15.5. The fourth-order valence-electron chi connectivity index (χ4n) is 2.96. The highest BCUT2D eigenvalue weighted by Gasteiger charge is 2.14. The molecule has 1 aliphatic rings. The molecule has 3 rings (SSSR count). The number of nitrogens with one attached hydrogen (secondary N) is 1. The van der Waals surface area contributed by atoms with Crippen molar-refractivity contribution in [2.75, 3.05) is 18.0 Å². The number of nitrogens with zero attached hydrogens (tertiary/aromatic N) is 2. The molecule has 2 heterocycles. The molecule has 0 saturated carbocycles. The monoisotopic (exact) mass is 309 g/mol. The van der Waals surface area contributed by atoms with Crippen molar-refractivity contribution in [1.29, 1.82) is 0 Å². The lowest BCUT2D eigenvalue weighted by atomic mass is 10.0. The van der Waals surface area contributed by atoms with Gasteiger partial charge >= 0.3 is 0 Å². The standard InChI is InChI=1S/C19H23N3O/c1-14-6-5-7-17(15(14)2)19(23)21-13-16-8-9-20-18(12-16)22-10-3-4-11-22/h5-9,12H,3-4,10-11,13H2,1-2H3,(H,21,23). The number of pyridine rings is 1. The summed E-state index contributed by atoms with van der Waals surface area (Å²) in [6.45, 7) is 6.69. The molecular formula is C19H23N3O. The van der Waals surface area contributed by atoms with Gasteiger partial charge in [0.25, 0.3) is 5.91 Å². The van der Waals surface area contributed by atoms with Gasteiger partial charge in [0, 0.05) is 31.4 Å². The molecule has 4 nitrogen and oxygen atoms in total. The Morgan fingerprint density at radius 3 is 2.78 bits per heavy atom.